The molecule has 3 aromatic carbocycles. The highest BCUT2D eigenvalue weighted by Gasteiger charge is 2.12. The van der Waals surface area contributed by atoms with Gasteiger partial charge in [-0.2, -0.15) is 0 Å². The van der Waals surface area contributed by atoms with Crippen molar-refractivity contribution in [3.05, 3.63) is 77.9 Å². The van der Waals surface area contributed by atoms with Crippen molar-refractivity contribution in [2.24, 2.45) is 0 Å². The zero-order valence-corrected chi connectivity index (χ0v) is 18.0. The number of anilines is 1. The summed E-state index contributed by atoms with van der Waals surface area (Å²) in [6, 6.07) is 20.7. The van der Waals surface area contributed by atoms with Crippen LogP contribution in [-0.4, -0.2) is 17.5 Å². The SMILES string of the molecule is CCCOc1ccc(C(=O)Nc2cccc(-c3nc4cc(C(C)C)ccc4o3)c2)cc1. The van der Waals surface area contributed by atoms with E-state index in [0.29, 0.717) is 29.7 Å². The molecule has 0 aliphatic carbocycles. The van der Waals surface area contributed by atoms with Crippen molar-refractivity contribution in [2.45, 2.75) is 33.1 Å². The average Bonchev–Trinajstić information content (AvgIpc) is 3.21. The average molecular weight is 415 g/mol. The highest BCUT2D eigenvalue weighted by Crippen LogP contribution is 2.28. The minimum absolute atomic E-state index is 0.182. The van der Waals surface area contributed by atoms with Crippen molar-refractivity contribution in [2.75, 3.05) is 11.9 Å². The number of oxazole rings is 1. The van der Waals surface area contributed by atoms with Gasteiger partial charge in [0.05, 0.1) is 6.61 Å². The van der Waals surface area contributed by atoms with E-state index in [0.717, 1.165) is 28.8 Å². The predicted octanol–water partition coefficient (Wildman–Crippen LogP) is 6.66. The Bertz CT molecular complexity index is 1190. The first-order valence-corrected chi connectivity index (χ1v) is 10.6. The summed E-state index contributed by atoms with van der Waals surface area (Å²) in [6.45, 7) is 7.02. The number of rotatable bonds is 7. The van der Waals surface area contributed by atoms with Gasteiger partial charge < -0.3 is 14.5 Å². The Labute approximate surface area is 182 Å². The lowest BCUT2D eigenvalue weighted by Gasteiger charge is -2.08. The Balaban J connectivity index is 1.52. The molecule has 5 nitrogen and oxygen atoms in total. The van der Waals surface area contributed by atoms with Crippen molar-refractivity contribution in [3.63, 3.8) is 0 Å². The van der Waals surface area contributed by atoms with Gasteiger partial charge in [-0.15, -0.1) is 0 Å². The number of aromatic nitrogens is 1. The first-order chi connectivity index (χ1) is 15.0. The molecule has 0 saturated carbocycles. The smallest absolute Gasteiger partial charge is 0.255 e. The molecule has 1 N–H and O–H groups in total. The molecule has 1 heterocycles. The van der Waals surface area contributed by atoms with Crippen LogP contribution < -0.4 is 10.1 Å². The third-order valence-corrected chi connectivity index (χ3v) is 5.04. The maximum absolute atomic E-state index is 12.6. The van der Waals surface area contributed by atoms with Crippen LogP contribution in [0.4, 0.5) is 5.69 Å². The number of carbonyl (C=O) groups is 1. The lowest BCUT2D eigenvalue weighted by Crippen LogP contribution is -2.11. The van der Waals surface area contributed by atoms with Crippen LogP contribution in [0.15, 0.2) is 71.1 Å². The van der Waals surface area contributed by atoms with Crippen molar-refractivity contribution in [1.82, 2.24) is 4.98 Å². The molecule has 0 bridgehead atoms. The maximum Gasteiger partial charge on any atom is 0.255 e. The molecule has 1 aromatic heterocycles. The molecule has 0 radical (unpaired) electrons. The summed E-state index contributed by atoms with van der Waals surface area (Å²) in [6.07, 6.45) is 0.942. The number of carbonyl (C=O) groups excluding carboxylic acids is 1. The Kier molecular flexibility index (Phi) is 6.03. The van der Waals surface area contributed by atoms with Gasteiger partial charge in [0.1, 0.15) is 11.3 Å². The largest absolute Gasteiger partial charge is 0.494 e. The number of hydrogen-bond donors (Lipinski definition) is 1. The molecular weight excluding hydrogens is 388 g/mol. The Morgan fingerprint density at radius 2 is 1.87 bits per heavy atom. The molecule has 0 aliphatic rings. The maximum atomic E-state index is 12.6. The topological polar surface area (TPSA) is 64.4 Å². The van der Waals surface area contributed by atoms with Gasteiger partial charge in [-0.05, 0) is 72.5 Å². The molecule has 1 amide bonds. The van der Waals surface area contributed by atoms with E-state index in [2.05, 4.69) is 43.2 Å². The molecule has 0 aliphatic heterocycles. The molecule has 0 spiro atoms. The number of amides is 1. The van der Waals surface area contributed by atoms with Crippen LogP contribution in [0.25, 0.3) is 22.6 Å². The molecule has 4 aromatic rings. The van der Waals surface area contributed by atoms with Crippen LogP contribution >= 0.6 is 0 Å². The third kappa shape index (κ3) is 4.77. The second-order valence-corrected chi connectivity index (χ2v) is 7.81. The number of ether oxygens (including phenoxy) is 1. The lowest BCUT2D eigenvalue weighted by atomic mass is 10.0. The van der Waals surface area contributed by atoms with Gasteiger partial charge in [-0.25, -0.2) is 4.98 Å². The van der Waals surface area contributed by atoms with E-state index in [-0.39, 0.29) is 5.91 Å². The van der Waals surface area contributed by atoms with Crippen molar-refractivity contribution in [3.8, 4) is 17.2 Å². The van der Waals surface area contributed by atoms with Crippen molar-refractivity contribution in [1.29, 1.82) is 0 Å². The molecular formula is C26H26N2O3. The van der Waals surface area contributed by atoms with Gasteiger partial charge in [-0.1, -0.05) is 32.9 Å². The molecule has 4 rings (SSSR count). The zero-order chi connectivity index (χ0) is 21.8. The minimum atomic E-state index is -0.182. The second-order valence-electron chi connectivity index (χ2n) is 7.81. The van der Waals surface area contributed by atoms with Gasteiger partial charge in [0.15, 0.2) is 5.58 Å². The van der Waals surface area contributed by atoms with Crippen LogP contribution in [0.5, 0.6) is 5.75 Å². The summed E-state index contributed by atoms with van der Waals surface area (Å²) >= 11 is 0. The normalized spacial score (nSPS) is 11.1. The van der Waals surface area contributed by atoms with Crippen molar-refractivity contribution >= 4 is 22.7 Å². The summed E-state index contributed by atoms with van der Waals surface area (Å²) in [5.74, 6) is 1.54. The first-order valence-electron chi connectivity index (χ1n) is 10.6. The van der Waals surface area contributed by atoms with Crippen molar-refractivity contribution < 1.29 is 13.9 Å². The summed E-state index contributed by atoms with van der Waals surface area (Å²) in [5, 5.41) is 2.94. The Morgan fingerprint density at radius 1 is 1.06 bits per heavy atom. The van der Waals surface area contributed by atoms with Gasteiger partial charge in [0.25, 0.3) is 5.91 Å². The van der Waals surface area contributed by atoms with E-state index < -0.39 is 0 Å². The quantitative estimate of drug-likeness (QED) is 0.367. The van der Waals surface area contributed by atoms with Crippen LogP contribution in [0, 0.1) is 0 Å². The summed E-state index contributed by atoms with van der Waals surface area (Å²) in [5.41, 5.74) is 4.86. The summed E-state index contributed by atoms with van der Waals surface area (Å²) in [7, 11) is 0. The summed E-state index contributed by atoms with van der Waals surface area (Å²) in [4.78, 5) is 17.3. The van der Waals surface area contributed by atoms with Crippen LogP contribution in [-0.2, 0) is 0 Å². The molecule has 31 heavy (non-hydrogen) atoms. The fourth-order valence-electron chi connectivity index (χ4n) is 3.28. The predicted molar refractivity (Wildman–Crippen MR) is 124 cm³/mol. The molecule has 0 atom stereocenters. The molecule has 5 heteroatoms. The van der Waals surface area contributed by atoms with Crippen LogP contribution in [0.2, 0.25) is 0 Å². The highest BCUT2D eigenvalue weighted by molar-refractivity contribution is 6.04. The van der Waals surface area contributed by atoms with E-state index in [1.165, 1.54) is 5.56 Å². The van der Waals surface area contributed by atoms with Gasteiger partial charge in [0, 0.05) is 16.8 Å². The Hall–Kier alpha value is -3.60. The summed E-state index contributed by atoms with van der Waals surface area (Å²) < 4.78 is 11.5. The fourth-order valence-corrected chi connectivity index (χ4v) is 3.28. The molecule has 0 unspecified atom stereocenters. The van der Waals surface area contributed by atoms with Gasteiger partial charge in [-0.3, -0.25) is 4.79 Å². The fraction of sp³-hybridized carbons (Fsp3) is 0.231. The van der Waals surface area contributed by atoms with Gasteiger partial charge in [0.2, 0.25) is 5.89 Å². The number of fused-ring (bicyclic) bond motifs is 1. The lowest BCUT2D eigenvalue weighted by molar-refractivity contribution is 0.102. The minimum Gasteiger partial charge on any atom is -0.494 e. The molecule has 0 saturated heterocycles. The number of benzene rings is 3. The van der Waals surface area contributed by atoms with E-state index in [9.17, 15) is 4.79 Å². The second kappa shape index (κ2) is 9.04. The van der Waals surface area contributed by atoms with E-state index in [4.69, 9.17) is 9.15 Å². The molecule has 158 valence electrons. The van der Waals surface area contributed by atoms with E-state index >= 15 is 0 Å². The van der Waals surface area contributed by atoms with Crippen LogP contribution in [0.1, 0.15) is 49.0 Å². The monoisotopic (exact) mass is 414 g/mol. The number of nitrogens with zero attached hydrogens (tertiary/aromatic N) is 1. The van der Waals surface area contributed by atoms with E-state index in [1.807, 2.05) is 42.5 Å². The standard InChI is InChI=1S/C26H26N2O3/c1-4-14-30-22-11-8-18(9-12-22)25(29)27-21-7-5-6-20(15-21)26-28-23-16-19(17(2)3)10-13-24(23)31-26/h5-13,15-17H,4,14H2,1-3H3,(H,27,29). The first kappa shape index (κ1) is 20.7. The highest BCUT2D eigenvalue weighted by atomic mass is 16.5. The molecule has 0 fully saturated rings. The van der Waals surface area contributed by atoms with Crippen LogP contribution in [0.3, 0.4) is 0 Å². The van der Waals surface area contributed by atoms with Gasteiger partial charge >= 0.3 is 0 Å². The number of hydrogen-bond acceptors (Lipinski definition) is 4. The third-order valence-electron chi connectivity index (χ3n) is 5.04. The van der Waals surface area contributed by atoms with E-state index in [1.54, 1.807) is 12.1 Å². The zero-order valence-electron chi connectivity index (χ0n) is 18.0. The number of nitrogens with one attached hydrogen (secondary N) is 1. The Morgan fingerprint density at radius 3 is 2.61 bits per heavy atom.